The third-order valence-electron chi connectivity index (χ3n) is 6.67. The van der Waals surface area contributed by atoms with Gasteiger partial charge < -0.3 is 20.1 Å². The number of hydrogen-bond acceptors (Lipinski definition) is 8. The molecule has 0 spiro atoms. The molecule has 2 aromatic rings. The molecule has 1 aromatic heterocycles. The summed E-state index contributed by atoms with van der Waals surface area (Å²) in [7, 11) is 4.19. The zero-order valence-electron chi connectivity index (χ0n) is 20.5. The number of aromatic nitrogens is 2. The molecule has 1 amide bonds. The van der Waals surface area contributed by atoms with Gasteiger partial charge in [-0.2, -0.15) is 4.98 Å². The Balaban J connectivity index is 1.43. The third kappa shape index (κ3) is 5.52. The maximum atomic E-state index is 14.9. The maximum absolute atomic E-state index is 14.9. The van der Waals surface area contributed by atoms with Gasteiger partial charge in [0.15, 0.2) is 17.4 Å². The first-order chi connectivity index (χ1) is 16.5. The van der Waals surface area contributed by atoms with Gasteiger partial charge in [-0.25, -0.2) is 23.5 Å². The number of piperidine rings is 1. The summed E-state index contributed by atoms with van der Waals surface area (Å²) in [5, 5.41) is 13.4. The Morgan fingerprint density at radius 2 is 2.00 bits per heavy atom. The van der Waals surface area contributed by atoms with Crippen LogP contribution in [-0.2, 0) is 11.3 Å². The van der Waals surface area contributed by atoms with E-state index in [1.54, 1.807) is 13.0 Å². The van der Waals surface area contributed by atoms with Crippen molar-refractivity contribution in [3.63, 3.8) is 0 Å². The second-order valence-corrected chi connectivity index (χ2v) is 9.66. The van der Waals surface area contributed by atoms with Crippen molar-refractivity contribution in [2.24, 2.45) is 0 Å². The van der Waals surface area contributed by atoms with Crippen LogP contribution in [0.1, 0.15) is 43.9 Å². The van der Waals surface area contributed by atoms with Crippen molar-refractivity contribution in [2.45, 2.75) is 51.0 Å². The Kier molecular flexibility index (Phi) is 7.20. The highest BCUT2D eigenvalue weighted by Gasteiger charge is 2.45. The number of halogens is 2. The van der Waals surface area contributed by atoms with Crippen molar-refractivity contribution < 1.29 is 23.4 Å². The summed E-state index contributed by atoms with van der Waals surface area (Å²) in [6.07, 6.45) is 2.13. The zero-order valence-corrected chi connectivity index (χ0v) is 20.5. The highest BCUT2D eigenvalue weighted by atomic mass is 19.1. The number of amides is 1. The fourth-order valence-electron chi connectivity index (χ4n) is 4.50. The SMILES string of the molecule is C[C@H](Nc1ncc(F)c(N2C(=O)OCC2(C)O)n1)c1ccc(CN2CCC(N(C)C)CC2)c(F)c1. The van der Waals surface area contributed by atoms with Crippen LogP contribution in [0.2, 0.25) is 0 Å². The van der Waals surface area contributed by atoms with Crippen LogP contribution in [0.3, 0.4) is 0 Å². The number of likely N-dealkylation sites (tertiary alicyclic amines) is 1. The first kappa shape index (κ1) is 25.2. The highest BCUT2D eigenvalue weighted by molar-refractivity contribution is 5.90. The van der Waals surface area contributed by atoms with Crippen molar-refractivity contribution in [3.05, 3.63) is 47.2 Å². The van der Waals surface area contributed by atoms with Gasteiger partial charge in [0.2, 0.25) is 5.95 Å². The van der Waals surface area contributed by atoms with Crippen molar-refractivity contribution in [2.75, 3.05) is 44.0 Å². The van der Waals surface area contributed by atoms with E-state index < -0.39 is 29.5 Å². The lowest BCUT2D eigenvalue weighted by Crippen LogP contribution is -2.45. The van der Waals surface area contributed by atoms with Crippen LogP contribution < -0.4 is 10.2 Å². The van der Waals surface area contributed by atoms with E-state index in [2.05, 4.69) is 39.2 Å². The molecule has 1 aromatic carbocycles. The number of nitrogens with zero attached hydrogens (tertiary/aromatic N) is 5. The van der Waals surface area contributed by atoms with Gasteiger partial charge in [-0.1, -0.05) is 12.1 Å². The minimum atomic E-state index is -1.74. The molecule has 11 heteroatoms. The smallest absolute Gasteiger partial charge is 0.418 e. The van der Waals surface area contributed by atoms with E-state index in [1.807, 2.05) is 6.07 Å². The second kappa shape index (κ2) is 10.00. The van der Waals surface area contributed by atoms with Gasteiger partial charge in [-0.15, -0.1) is 0 Å². The molecular formula is C24H32F2N6O3. The largest absolute Gasteiger partial charge is 0.444 e. The third-order valence-corrected chi connectivity index (χ3v) is 6.67. The molecule has 1 unspecified atom stereocenters. The lowest BCUT2D eigenvalue weighted by molar-refractivity contribution is 0.0472. The zero-order chi connectivity index (χ0) is 25.3. The predicted octanol–water partition coefficient (Wildman–Crippen LogP) is 3.12. The van der Waals surface area contributed by atoms with Gasteiger partial charge in [0, 0.05) is 18.2 Å². The number of cyclic esters (lactones) is 1. The van der Waals surface area contributed by atoms with E-state index >= 15 is 0 Å². The molecule has 3 heterocycles. The summed E-state index contributed by atoms with van der Waals surface area (Å²) >= 11 is 0. The molecule has 0 bridgehead atoms. The van der Waals surface area contributed by atoms with E-state index in [4.69, 9.17) is 4.74 Å². The second-order valence-electron chi connectivity index (χ2n) is 9.66. The highest BCUT2D eigenvalue weighted by Crippen LogP contribution is 2.30. The molecule has 2 N–H and O–H groups in total. The van der Waals surface area contributed by atoms with Crippen LogP contribution in [0.25, 0.3) is 0 Å². The number of aliphatic hydroxyl groups is 1. The van der Waals surface area contributed by atoms with Crippen LogP contribution in [0.4, 0.5) is 25.3 Å². The Morgan fingerprint density at radius 3 is 2.60 bits per heavy atom. The van der Waals surface area contributed by atoms with E-state index in [1.165, 1.54) is 13.0 Å². The summed E-state index contributed by atoms with van der Waals surface area (Å²) in [4.78, 5) is 25.3. The lowest BCUT2D eigenvalue weighted by atomic mass is 10.0. The molecule has 2 saturated heterocycles. The Labute approximate surface area is 203 Å². The quantitative estimate of drug-likeness (QED) is 0.612. The van der Waals surface area contributed by atoms with Gasteiger partial charge >= 0.3 is 6.09 Å². The van der Waals surface area contributed by atoms with Crippen molar-refractivity contribution in [3.8, 4) is 0 Å². The standard InChI is InChI=1S/C24H32F2N6O3/c1-15(28-22-27-12-20(26)21(29-22)32-23(33)35-14-24(32,2)34)16-5-6-17(19(25)11-16)13-31-9-7-18(8-10-31)30(3)4/h5-6,11-12,15,18,34H,7-10,13-14H2,1-4H3,(H,27,28,29)/t15-,24?/m0/s1. The molecular weight excluding hydrogens is 458 g/mol. The molecule has 9 nitrogen and oxygen atoms in total. The number of hydrogen-bond donors (Lipinski definition) is 2. The Morgan fingerprint density at radius 1 is 1.29 bits per heavy atom. The molecule has 0 aliphatic carbocycles. The molecule has 2 aliphatic heterocycles. The number of ether oxygens (including phenoxy) is 1. The van der Waals surface area contributed by atoms with E-state index in [0.29, 0.717) is 23.7 Å². The molecule has 2 atom stereocenters. The maximum Gasteiger partial charge on any atom is 0.418 e. The van der Waals surface area contributed by atoms with E-state index in [0.717, 1.165) is 37.0 Å². The molecule has 0 radical (unpaired) electrons. The number of carbonyl (C=O) groups is 1. The van der Waals surface area contributed by atoms with Gasteiger partial charge in [0.25, 0.3) is 0 Å². The number of carbonyl (C=O) groups excluding carboxylic acids is 1. The van der Waals surface area contributed by atoms with Crippen LogP contribution in [0, 0.1) is 11.6 Å². The normalized spacial score (nSPS) is 22.5. The fourth-order valence-corrected chi connectivity index (χ4v) is 4.50. The van der Waals surface area contributed by atoms with E-state index in [9.17, 15) is 18.7 Å². The number of nitrogens with one attached hydrogen (secondary N) is 1. The molecule has 0 saturated carbocycles. The minimum Gasteiger partial charge on any atom is -0.444 e. The number of benzene rings is 1. The number of rotatable bonds is 7. The summed E-state index contributed by atoms with van der Waals surface area (Å²) in [5.41, 5.74) is -0.436. The molecule has 190 valence electrons. The Bertz CT molecular complexity index is 1080. The summed E-state index contributed by atoms with van der Waals surface area (Å²) < 4.78 is 34.1. The molecule has 4 rings (SSSR count). The van der Waals surface area contributed by atoms with Crippen LogP contribution >= 0.6 is 0 Å². The van der Waals surface area contributed by atoms with E-state index in [-0.39, 0.29) is 18.4 Å². The van der Waals surface area contributed by atoms with Crippen molar-refractivity contribution in [1.82, 2.24) is 19.8 Å². The molecule has 35 heavy (non-hydrogen) atoms. The Hall–Kier alpha value is -2.89. The summed E-state index contributed by atoms with van der Waals surface area (Å²) in [5.74, 6) is -1.55. The fraction of sp³-hybridized carbons (Fsp3) is 0.542. The van der Waals surface area contributed by atoms with Crippen LogP contribution in [-0.4, -0.2) is 76.5 Å². The van der Waals surface area contributed by atoms with Gasteiger partial charge in [-0.05, 0) is 65.5 Å². The average molecular weight is 491 g/mol. The van der Waals surface area contributed by atoms with Gasteiger partial charge in [0.05, 0.1) is 12.2 Å². The first-order valence-electron chi connectivity index (χ1n) is 11.7. The molecule has 2 aliphatic rings. The minimum absolute atomic E-state index is 0.0256. The van der Waals surface area contributed by atoms with Crippen LogP contribution in [0.5, 0.6) is 0 Å². The topological polar surface area (TPSA) is 94.1 Å². The van der Waals surface area contributed by atoms with Gasteiger partial charge in [0.1, 0.15) is 12.4 Å². The van der Waals surface area contributed by atoms with Crippen molar-refractivity contribution >= 4 is 17.9 Å². The monoisotopic (exact) mass is 490 g/mol. The lowest BCUT2D eigenvalue weighted by Gasteiger charge is -2.35. The van der Waals surface area contributed by atoms with Crippen LogP contribution in [0.15, 0.2) is 24.4 Å². The predicted molar refractivity (Wildman–Crippen MR) is 127 cm³/mol. The number of anilines is 2. The molecule has 2 fully saturated rings. The van der Waals surface area contributed by atoms with Gasteiger partial charge in [-0.3, -0.25) is 4.90 Å². The van der Waals surface area contributed by atoms with Crippen molar-refractivity contribution in [1.29, 1.82) is 0 Å². The summed E-state index contributed by atoms with van der Waals surface area (Å²) in [6, 6.07) is 5.28. The average Bonchev–Trinajstić information content (AvgIpc) is 3.08. The first-order valence-corrected chi connectivity index (χ1v) is 11.7. The summed E-state index contributed by atoms with van der Waals surface area (Å²) in [6.45, 7) is 5.24.